The van der Waals surface area contributed by atoms with Crippen molar-refractivity contribution in [3.8, 4) is 0 Å². The Kier molecular flexibility index (Phi) is 4.16. The number of benzene rings is 1. The number of sulfonamides is 1. The van der Waals surface area contributed by atoms with Gasteiger partial charge in [0.1, 0.15) is 0 Å². The van der Waals surface area contributed by atoms with Crippen LogP contribution in [0.2, 0.25) is 0 Å². The van der Waals surface area contributed by atoms with Crippen LogP contribution in [-0.2, 0) is 20.5 Å². The number of rotatable bonds is 6. The molecule has 7 nitrogen and oxygen atoms in total. The molecule has 23 heavy (non-hydrogen) atoms. The zero-order chi connectivity index (χ0) is 16.7. The summed E-state index contributed by atoms with van der Waals surface area (Å²) in [5, 5.41) is 10.6. The van der Waals surface area contributed by atoms with Crippen LogP contribution in [0.1, 0.15) is 31.7 Å². The third kappa shape index (κ3) is 3.70. The Bertz CT molecular complexity index is 699. The minimum atomic E-state index is -3.55. The number of hydrogen-bond donors (Lipinski definition) is 1. The second kappa shape index (κ2) is 5.85. The fourth-order valence-corrected chi connectivity index (χ4v) is 4.85. The van der Waals surface area contributed by atoms with Crippen LogP contribution < -0.4 is 4.72 Å². The average Bonchev–Trinajstić information content (AvgIpc) is 3.22. The van der Waals surface area contributed by atoms with E-state index in [-0.39, 0.29) is 17.5 Å². The number of ether oxygens (including phenoxy) is 1. The highest BCUT2D eigenvalue weighted by Crippen LogP contribution is 2.43. The fraction of sp³-hybridized carbons (Fsp3) is 0.600. The fourth-order valence-electron chi connectivity index (χ4n) is 3.21. The summed E-state index contributed by atoms with van der Waals surface area (Å²) in [6, 6.07) is 5.59. The highest BCUT2D eigenvalue weighted by atomic mass is 32.2. The summed E-state index contributed by atoms with van der Waals surface area (Å²) in [6.07, 6.45) is 2.77. The predicted molar refractivity (Wildman–Crippen MR) is 84.3 cm³/mol. The molecule has 8 heteroatoms. The second-order valence-corrected chi connectivity index (χ2v) is 8.30. The smallest absolute Gasteiger partial charge is 0.269 e. The van der Waals surface area contributed by atoms with Crippen molar-refractivity contribution in [1.29, 1.82) is 0 Å². The molecule has 1 aromatic carbocycles. The van der Waals surface area contributed by atoms with Gasteiger partial charge in [-0.2, -0.15) is 0 Å². The standard InChI is InChI=1S/C15H20N2O5S/c1-15(8-9-22-14(15)12-4-5-12)16-23(20,21)10-11-2-6-13(7-3-11)17(18)19/h2-3,6-7,12,14,16H,4-5,8-10H2,1H3/t14-,15+/m0/s1. The Hall–Kier alpha value is -1.51. The molecule has 0 aromatic heterocycles. The van der Waals surface area contributed by atoms with Crippen LogP contribution in [-0.4, -0.2) is 31.6 Å². The molecule has 1 saturated carbocycles. The first-order valence-corrected chi connectivity index (χ1v) is 9.31. The van der Waals surface area contributed by atoms with Gasteiger partial charge < -0.3 is 4.74 Å². The first-order chi connectivity index (χ1) is 10.8. The summed E-state index contributed by atoms with van der Waals surface area (Å²) in [7, 11) is -3.55. The summed E-state index contributed by atoms with van der Waals surface area (Å²) in [6.45, 7) is 2.47. The zero-order valence-corrected chi connectivity index (χ0v) is 13.7. The first-order valence-electron chi connectivity index (χ1n) is 7.66. The molecule has 0 bridgehead atoms. The highest BCUT2D eigenvalue weighted by Gasteiger charge is 2.49. The molecule has 0 radical (unpaired) electrons. The molecule has 0 spiro atoms. The largest absolute Gasteiger partial charge is 0.376 e. The molecule has 1 heterocycles. The highest BCUT2D eigenvalue weighted by molar-refractivity contribution is 7.88. The lowest BCUT2D eigenvalue weighted by atomic mass is 9.92. The Morgan fingerprint density at radius 2 is 2.00 bits per heavy atom. The van der Waals surface area contributed by atoms with Crippen LogP contribution >= 0.6 is 0 Å². The molecule has 126 valence electrons. The summed E-state index contributed by atoms with van der Waals surface area (Å²) in [5.74, 6) is 0.252. The van der Waals surface area contributed by atoms with E-state index in [1.54, 1.807) is 0 Å². The van der Waals surface area contributed by atoms with E-state index in [0.29, 0.717) is 24.5 Å². The maximum absolute atomic E-state index is 12.5. The molecule has 1 saturated heterocycles. The maximum atomic E-state index is 12.5. The van der Waals surface area contributed by atoms with Crippen LogP contribution in [0.25, 0.3) is 0 Å². The van der Waals surface area contributed by atoms with Crippen LogP contribution in [0.4, 0.5) is 5.69 Å². The number of hydrogen-bond acceptors (Lipinski definition) is 5. The van der Waals surface area contributed by atoms with Crippen molar-refractivity contribution in [3.05, 3.63) is 39.9 Å². The van der Waals surface area contributed by atoms with Crippen molar-refractivity contribution in [2.45, 2.75) is 43.6 Å². The third-order valence-electron chi connectivity index (χ3n) is 4.49. The van der Waals surface area contributed by atoms with Crippen molar-refractivity contribution in [3.63, 3.8) is 0 Å². The lowest BCUT2D eigenvalue weighted by molar-refractivity contribution is -0.384. The lowest BCUT2D eigenvalue weighted by Gasteiger charge is -2.31. The summed E-state index contributed by atoms with van der Waals surface area (Å²) < 4.78 is 33.5. The number of nitro benzene ring substituents is 1. The van der Waals surface area contributed by atoms with Crippen molar-refractivity contribution >= 4 is 15.7 Å². The Labute approximate surface area is 135 Å². The molecule has 1 aliphatic heterocycles. The van der Waals surface area contributed by atoms with Gasteiger partial charge in [-0.15, -0.1) is 0 Å². The van der Waals surface area contributed by atoms with Crippen LogP contribution in [0.15, 0.2) is 24.3 Å². The van der Waals surface area contributed by atoms with E-state index in [0.717, 1.165) is 12.8 Å². The number of nitro groups is 1. The molecule has 1 aliphatic carbocycles. The average molecular weight is 340 g/mol. The minimum Gasteiger partial charge on any atom is -0.376 e. The maximum Gasteiger partial charge on any atom is 0.269 e. The van der Waals surface area contributed by atoms with Gasteiger partial charge >= 0.3 is 0 Å². The van der Waals surface area contributed by atoms with Crippen LogP contribution in [0, 0.1) is 16.0 Å². The SMILES string of the molecule is C[C@@]1(NS(=O)(=O)Cc2ccc([N+](=O)[O-])cc2)CCO[C@H]1C1CC1. The van der Waals surface area contributed by atoms with E-state index in [1.807, 2.05) is 6.92 Å². The Morgan fingerprint density at radius 3 is 2.57 bits per heavy atom. The lowest BCUT2D eigenvalue weighted by Crippen LogP contribution is -2.52. The Balaban J connectivity index is 1.70. The monoisotopic (exact) mass is 340 g/mol. The topological polar surface area (TPSA) is 98.5 Å². The molecule has 2 atom stereocenters. The molecule has 0 amide bonds. The van der Waals surface area contributed by atoms with Gasteiger partial charge in [-0.1, -0.05) is 12.1 Å². The van der Waals surface area contributed by atoms with Gasteiger partial charge in [-0.25, -0.2) is 13.1 Å². The van der Waals surface area contributed by atoms with Crippen molar-refractivity contribution in [2.24, 2.45) is 5.92 Å². The van der Waals surface area contributed by atoms with Gasteiger partial charge in [0.2, 0.25) is 10.0 Å². The second-order valence-electron chi connectivity index (χ2n) is 6.58. The van der Waals surface area contributed by atoms with E-state index in [9.17, 15) is 18.5 Å². The van der Waals surface area contributed by atoms with Crippen LogP contribution in [0.3, 0.4) is 0 Å². The first kappa shape index (κ1) is 16.4. The van der Waals surface area contributed by atoms with Gasteiger partial charge in [-0.3, -0.25) is 10.1 Å². The summed E-state index contributed by atoms with van der Waals surface area (Å²) >= 11 is 0. The molecule has 2 fully saturated rings. The Morgan fingerprint density at radius 1 is 1.35 bits per heavy atom. The zero-order valence-electron chi connectivity index (χ0n) is 12.9. The van der Waals surface area contributed by atoms with Crippen molar-refractivity contribution < 1.29 is 18.1 Å². The molecule has 2 aliphatic rings. The third-order valence-corrected chi connectivity index (χ3v) is 5.98. The van der Waals surface area contributed by atoms with E-state index in [2.05, 4.69) is 4.72 Å². The van der Waals surface area contributed by atoms with Gasteiger partial charge in [0.25, 0.3) is 5.69 Å². The minimum absolute atomic E-state index is 0.0518. The molecule has 1 N–H and O–H groups in total. The molecule has 1 aromatic rings. The molecule has 0 unspecified atom stereocenters. The van der Waals surface area contributed by atoms with Gasteiger partial charge in [0, 0.05) is 18.7 Å². The van der Waals surface area contributed by atoms with E-state index >= 15 is 0 Å². The number of nitrogens with one attached hydrogen (secondary N) is 1. The molecular weight excluding hydrogens is 320 g/mol. The molecule has 3 rings (SSSR count). The van der Waals surface area contributed by atoms with E-state index < -0.39 is 20.5 Å². The van der Waals surface area contributed by atoms with Gasteiger partial charge in [0.05, 0.1) is 22.3 Å². The quantitative estimate of drug-likeness (QED) is 0.630. The van der Waals surface area contributed by atoms with E-state index in [4.69, 9.17) is 4.74 Å². The van der Waals surface area contributed by atoms with Crippen molar-refractivity contribution in [1.82, 2.24) is 4.72 Å². The van der Waals surface area contributed by atoms with Crippen molar-refractivity contribution in [2.75, 3.05) is 6.61 Å². The van der Waals surface area contributed by atoms with Gasteiger partial charge in [0.15, 0.2) is 0 Å². The number of non-ortho nitro benzene ring substituents is 1. The van der Waals surface area contributed by atoms with E-state index in [1.165, 1.54) is 24.3 Å². The number of nitrogens with zero attached hydrogens (tertiary/aromatic N) is 1. The molecular formula is C15H20N2O5S. The van der Waals surface area contributed by atoms with Crippen LogP contribution in [0.5, 0.6) is 0 Å². The predicted octanol–water partition coefficient (Wildman–Crippen LogP) is 1.97. The van der Waals surface area contributed by atoms with Gasteiger partial charge in [-0.05, 0) is 37.7 Å². The summed E-state index contributed by atoms with van der Waals surface area (Å²) in [5.41, 5.74) is -0.0986. The summed E-state index contributed by atoms with van der Waals surface area (Å²) in [4.78, 5) is 10.1. The normalized spacial score (nSPS) is 28.0.